The third kappa shape index (κ3) is 9.28. The molecule has 194 valence electrons. The standard InChI is InChI=1S/C21H21F6NO6S/c22-20(23,24)15-4-10-18(11-5-15)35(31,32)28(12-1-3-19(29)30)13-2-14-33-16-6-8-17(9-7-16)34-21(25,26)27/h4-11H,1-3,12-14H2,(H,29,30). The number of sulfonamides is 1. The Morgan fingerprint density at radius 3 is 1.91 bits per heavy atom. The molecule has 0 amide bonds. The highest BCUT2D eigenvalue weighted by Crippen LogP contribution is 2.30. The Kier molecular flexibility index (Phi) is 9.38. The van der Waals surface area contributed by atoms with Gasteiger partial charge in [0, 0.05) is 19.5 Å². The molecule has 0 bridgehead atoms. The molecule has 2 rings (SSSR count). The van der Waals surface area contributed by atoms with Crippen molar-refractivity contribution < 1.29 is 54.1 Å². The van der Waals surface area contributed by atoms with Gasteiger partial charge in [-0.3, -0.25) is 4.79 Å². The van der Waals surface area contributed by atoms with Gasteiger partial charge in [-0.15, -0.1) is 13.2 Å². The van der Waals surface area contributed by atoms with Crippen LogP contribution in [0.1, 0.15) is 24.8 Å². The number of nitrogens with zero attached hydrogens (tertiary/aromatic N) is 1. The van der Waals surface area contributed by atoms with Gasteiger partial charge in [0.1, 0.15) is 11.5 Å². The van der Waals surface area contributed by atoms with Gasteiger partial charge in [-0.25, -0.2) is 8.42 Å². The van der Waals surface area contributed by atoms with Gasteiger partial charge in [-0.1, -0.05) is 0 Å². The van der Waals surface area contributed by atoms with E-state index in [9.17, 15) is 39.6 Å². The summed E-state index contributed by atoms with van der Waals surface area (Å²) in [5.74, 6) is -1.39. The average molecular weight is 529 g/mol. The van der Waals surface area contributed by atoms with Crippen molar-refractivity contribution in [2.45, 2.75) is 36.7 Å². The number of hydrogen-bond donors (Lipinski definition) is 1. The van der Waals surface area contributed by atoms with Crippen molar-refractivity contribution in [3.8, 4) is 11.5 Å². The Morgan fingerprint density at radius 1 is 0.857 bits per heavy atom. The Balaban J connectivity index is 2.02. The fourth-order valence-electron chi connectivity index (χ4n) is 2.89. The Labute approximate surface area is 196 Å². The van der Waals surface area contributed by atoms with Gasteiger partial charge in [0.15, 0.2) is 0 Å². The number of aliphatic carboxylic acids is 1. The Bertz CT molecular complexity index is 1070. The summed E-state index contributed by atoms with van der Waals surface area (Å²) >= 11 is 0. The molecule has 0 radical (unpaired) electrons. The maximum Gasteiger partial charge on any atom is 0.573 e. The topological polar surface area (TPSA) is 93.1 Å². The van der Waals surface area contributed by atoms with E-state index >= 15 is 0 Å². The van der Waals surface area contributed by atoms with Crippen LogP contribution >= 0.6 is 0 Å². The monoisotopic (exact) mass is 529 g/mol. The van der Waals surface area contributed by atoms with Crippen molar-refractivity contribution in [2.75, 3.05) is 19.7 Å². The lowest BCUT2D eigenvalue weighted by atomic mass is 10.2. The number of benzene rings is 2. The van der Waals surface area contributed by atoms with E-state index in [1.807, 2.05) is 0 Å². The number of halogens is 6. The lowest BCUT2D eigenvalue weighted by Gasteiger charge is -2.22. The highest BCUT2D eigenvalue weighted by atomic mass is 32.2. The third-order valence-electron chi connectivity index (χ3n) is 4.50. The summed E-state index contributed by atoms with van der Waals surface area (Å²) in [7, 11) is -4.23. The van der Waals surface area contributed by atoms with Gasteiger partial charge in [0.25, 0.3) is 0 Å². The lowest BCUT2D eigenvalue weighted by Crippen LogP contribution is -2.34. The molecule has 2 aromatic carbocycles. The predicted octanol–water partition coefficient (Wildman–Crippen LogP) is 4.93. The maximum absolute atomic E-state index is 12.9. The largest absolute Gasteiger partial charge is 0.573 e. The molecule has 0 aromatic heterocycles. The van der Waals surface area contributed by atoms with Crippen LogP contribution in [0.3, 0.4) is 0 Å². The van der Waals surface area contributed by atoms with Crippen molar-refractivity contribution in [2.24, 2.45) is 0 Å². The lowest BCUT2D eigenvalue weighted by molar-refractivity contribution is -0.274. The Morgan fingerprint density at radius 2 is 1.40 bits per heavy atom. The smallest absolute Gasteiger partial charge is 0.494 e. The summed E-state index contributed by atoms with van der Waals surface area (Å²) in [5, 5.41) is 8.81. The van der Waals surface area contributed by atoms with Gasteiger partial charge in [-0.2, -0.15) is 17.5 Å². The molecule has 0 saturated heterocycles. The highest BCUT2D eigenvalue weighted by molar-refractivity contribution is 7.89. The molecule has 0 atom stereocenters. The molecule has 14 heteroatoms. The molecular weight excluding hydrogens is 508 g/mol. The van der Waals surface area contributed by atoms with Crippen LogP contribution in [0, 0.1) is 0 Å². The third-order valence-corrected chi connectivity index (χ3v) is 6.41. The number of alkyl halides is 6. The van der Waals surface area contributed by atoms with Crippen LogP contribution < -0.4 is 9.47 Å². The van der Waals surface area contributed by atoms with E-state index in [1.165, 1.54) is 12.1 Å². The van der Waals surface area contributed by atoms with Crippen molar-refractivity contribution in [1.82, 2.24) is 4.31 Å². The van der Waals surface area contributed by atoms with Crippen LogP contribution in [0.5, 0.6) is 11.5 Å². The minimum atomic E-state index is -4.84. The van der Waals surface area contributed by atoms with Crippen LogP contribution in [0.2, 0.25) is 0 Å². The first-order valence-corrected chi connectivity index (χ1v) is 11.5. The summed E-state index contributed by atoms with van der Waals surface area (Å²) in [4.78, 5) is 10.4. The minimum Gasteiger partial charge on any atom is -0.494 e. The zero-order valence-corrected chi connectivity index (χ0v) is 18.8. The van der Waals surface area contributed by atoms with Crippen LogP contribution in [0.15, 0.2) is 53.4 Å². The van der Waals surface area contributed by atoms with Crippen LogP contribution in [-0.2, 0) is 21.0 Å². The molecule has 0 aliphatic heterocycles. The molecule has 0 spiro atoms. The van der Waals surface area contributed by atoms with E-state index < -0.39 is 39.8 Å². The molecule has 0 fully saturated rings. The molecule has 0 saturated carbocycles. The zero-order valence-electron chi connectivity index (χ0n) is 18.0. The summed E-state index contributed by atoms with van der Waals surface area (Å²) in [6, 6.07) is 7.45. The molecule has 7 nitrogen and oxygen atoms in total. The predicted molar refractivity (Wildman–Crippen MR) is 110 cm³/mol. The molecule has 0 aliphatic rings. The quantitative estimate of drug-likeness (QED) is 0.310. The van der Waals surface area contributed by atoms with E-state index in [0.29, 0.717) is 12.1 Å². The number of ether oxygens (including phenoxy) is 2. The first-order chi connectivity index (χ1) is 16.2. The first-order valence-electron chi connectivity index (χ1n) is 10.1. The minimum absolute atomic E-state index is 0.0310. The molecule has 1 N–H and O–H groups in total. The number of carboxylic acid groups (broad SMARTS) is 1. The van der Waals surface area contributed by atoms with Crippen LogP contribution in [0.25, 0.3) is 0 Å². The fraction of sp³-hybridized carbons (Fsp3) is 0.381. The molecule has 2 aromatic rings. The Hall–Kier alpha value is -3.00. The number of rotatable bonds is 12. The van der Waals surface area contributed by atoms with Crippen molar-refractivity contribution in [3.05, 3.63) is 54.1 Å². The molecule has 35 heavy (non-hydrogen) atoms. The van der Waals surface area contributed by atoms with Crippen LogP contribution in [0.4, 0.5) is 26.3 Å². The molecule has 0 aliphatic carbocycles. The van der Waals surface area contributed by atoms with E-state index in [1.54, 1.807) is 0 Å². The summed E-state index contributed by atoms with van der Waals surface area (Å²) in [6.07, 6.45) is -9.73. The second kappa shape index (κ2) is 11.6. The van der Waals surface area contributed by atoms with E-state index in [0.717, 1.165) is 28.6 Å². The number of carboxylic acids is 1. The summed E-state index contributed by atoms with van der Waals surface area (Å²) in [6.45, 7) is -0.380. The van der Waals surface area contributed by atoms with Gasteiger partial charge < -0.3 is 14.6 Å². The second-order valence-electron chi connectivity index (χ2n) is 7.14. The summed E-state index contributed by atoms with van der Waals surface area (Å²) in [5.41, 5.74) is -1.02. The number of carbonyl (C=O) groups is 1. The van der Waals surface area contributed by atoms with E-state index in [2.05, 4.69) is 4.74 Å². The van der Waals surface area contributed by atoms with E-state index in [4.69, 9.17) is 9.84 Å². The SMILES string of the molecule is O=C(O)CCCN(CCCOc1ccc(OC(F)(F)F)cc1)S(=O)(=O)c1ccc(C(F)(F)F)cc1. The molecule has 0 heterocycles. The van der Waals surface area contributed by atoms with Crippen molar-refractivity contribution in [1.29, 1.82) is 0 Å². The number of hydrogen-bond acceptors (Lipinski definition) is 5. The molecule has 0 unspecified atom stereocenters. The zero-order chi connectivity index (χ0) is 26.3. The maximum atomic E-state index is 12.9. The fourth-order valence-corrected chi connectivity index (χ4v) is 4.41. The van der Waals surface area contributed by atoms with Gasteiger partial charge in [-0.05, 0) is 61.4 Å². The van der Waals surface area contributed by atoms with E-state index in [-0.39, 0.29) is 49.6 Å². The highest BCUT2D eigenvalue weighted by Gasteiger charge is 2.32. The first kappa shape index (κ1) is 28.2. The van der Waals surface area contributed by atoms with Crippen molar-refractivity contribution in [3.63, 3.8) is 0 Å². The van der Waals surface area contributed by atoms with Crippen LogP contribution in [-0.4, -0.2) is 49.9 Å². The molecular formula is C21H21F6NO6S. The normalized spacial score (nSPS) is 12.5. The van der Waals surface area contributed by atoms with Gasteiger partial charge in [0.05, 0.1) is 17.1 Å². The second-order valence-corrected chi connectivity index (χ2v) is 9.08. The van der Waals surface area contributed by atoms with Gasteiger partial charge in [0.2, 0.25) is 10.0 Å². The summed E-state index contributed by atoms with van der Waals surface area (Å²) < 4.78 is 111. The van der Waals surface area contributed by atoms with Gasteiger partial charge >= 0.3 is 18.5 Å². The average Bonchev–Trinajstić information content (AvgIpc) is 2.74. The van der Waals surface area contributed by atoms with Crippen molar-refractivity contribution >= 4 is 16.0 Å².